The number of nitrogens with zero attached hydrogens (tertiary/aromatic N) is 1. The first-order valence-electron chi connectivity index (χ1n) is 3.86. The van der Waals surface area contributed by atoms with Crippen LogP contribution in [0.5, 0.6) is 0 Å². The molecule has 0 spiro atoms. The fourth-order valence-corrected chi connectivity index (χ4v) is 1.99. The first-order chi connectivity index (χ1) is 5.72. The molecule has 1 saturated heterocycles. The van der Waals surface area contributed by atoms with Crippen molar-refractivity contribution in [3.05, 3.63) is 0 Å². The number of thioether (sulfide) groups is 1. The third-order valence-electron chi connectivity index (χ3n) is 1.72. The van der Waals surface area contributed by atoms with Gasteiger partial charge in [-0.2, -0.15) is 20.5 Å². The lowest BCUT2D eigenvalue weighted by atomic mass is 10.4. The van der Waals surface area contributed by atoms with Crippen molar-refractivity contribution in [2.24, 2.45) is 0 Å². The highest BCUT2D eigenvalue weighted by Crippen LogP contribution is 2.11. The van der Waals surface area contributed by atoms with E-state index < -0.39 is 12.3 Å². The van der Waals surface area contributed by atoms with Gasteiger partial charge in [-0.1, -0.05) is 0 Å². The molecule has 0 atom stereocenters. The van der Waals surface area contributed by atoms with Crippen molar-refractivity contribution in [1.29, 1.82) is 0 Å². The van der Waals surface area contributed by atoms with Gasteiger partial charge in [0.1, 0.15) is 0 Å². The highest BCUT2D eigenvalue weighted by molar-refractivity contribution is 7.99. The molecule has 1 rings (SSSR count). The monoisotopic (exact) mass is 195 g/mol. The number of hydrogen-bond acceptors (Lipinski definition) is 2. The fourth-order valence-electron chi connectivity index (χ4n) is 1.10. The van der Waals surface area contributed by atoms with Crippen LogP contribution in [0, 0.1) is 0 Å². The Morgan fingerprint density at radius 1 is 1.33 bits per heavy atom. The smallest absolute Gasteiger partial charge is 0.315 e. The lowest BCUT2D eigenvalue weighted by Gasteiger charge is -2.18. The second kappa shape index (κ2) is 4.64. The van der Waals surface area contributed by atoms with E-state index >= 15 is 0 Å². The molecule has 70 valence electrons. The van der Waals surface area contributed by atoms with Crippen LogP contribution in [0.25, 0.3) is 0 Å². The molecule has 2 nitrogen and oxygen atoms in total. The minimum absolute atomic E-state index is 0.466. The summed E-state index contributed by atoms with van der Waals surface area (Å²) in [6.07, 6.45) is -2.02. The molecule has 0 saturated carbocycles. The van der Waals surface area contributed by atoms with Crippen molar-refractivity contribution in [3.8, 4) is 0 Å². The maximum atomic E-state index is 11.9. The summed E-state index contributed by atoms with van der Waals surface area (Å²) >= 11 is 1.71. The van der Waals surface area contributed by atoms with E-state index in [9.17, 15) is 13.6 Å². The average molecular weight is 195 g/mol. The summed E-state index contributed by atoms with van der Waals surface area (Å²) in [5.41, 5.74) is 0. The van der Waals surface area contributed by atoms with Gasteiger partial charge in [-0.05, 0) is 12.2 Å². The Morgan fingerprint density at radius 3 is 2.75 bits per heavy atom. The summed E-state index contributed by atoms with van der Waals surface area (Å²) in [5.74, 6) is 0.725. The molecule has 1 fully saturated rings. The minimum atomic E-state index is -2.84. The molecule has 0 N–H and O–H groups in total. The highest BCUT2D eigenvalue weighted by Gasteiger charge is 2.23. The van der Waals surface area contributed by atoms with Gasteiger partial charge >= 0.3 is 6.43 Å². The number of carbonyl (C=O) groups is 1. The minimum Gasteiger partial charge on any atom is -0.337 e. The summed E-state index contributed by atoms with van der Waals surface area (Å²) in [6, 6.07) is 0. The van der Waals surface area contributed by atoms with E-state index in [-0.39, 0.29) is 0 Å². The molecule has 12 heavy (non-hydrogen) atoms. The van der Waals surface area contributed by atoms with E-state index in [2.05, 4.69) is 0 Å². The third kappa shape index (κ3) is 2.62. The molecule has 1 aliphatic rings. The van der Waals surface area contributed by atoms with Crippen molar-refractivity contribution in [2.75, 3.05) is 24.6 Å². The Labute approximate surface area is 74.3 Å². The molecule has 0 aromatic rings. The van der Waals surface area contributed by atoms with E-state index in [1.54, 1.807) is 11.8 Å². The zero-order valence-electron chi connectivity index (χ0n) is 6.63. The van der Waals surface area contributed by atoms with Crippen molar-refractivity contribution >= 4 is 17.7 Å². The normalized spacial score (nSPS) is 19.4. The van der Waals surface area contributed by atoms with Crippen LogP contribution in [-0.2, 0) is 4.79 Å². The van der Waals surface area contributed by atoms with Gasteiger partial charge in [0.2, 0.25) is 0 Å². The zero-order valence-corrected chi connectivity index (χ0v) is 7.45. The molecule has 0 radical (unpaired) electrons. The summed E-state index contributed by atoms with van der Waals surface area (Å²) < 4.78 is 23.9. The number of halogens is 2. The predicted molar refractivity (Wildman–Crippen MR) is 44.5 cm³/mol. The first-order valence-corrected chi connectivity index (χ1v) is 5.02. The molecule has 1 heterocycles. The maximum absolute atomic E-state index is 11.9. The van der Waals surface area contributed by atoms with Crippen LogP contribution in [0.2, 0.25) is 0 Å². The van der Waals surface area contributed by atoms with Gasteiger partial charge in [0, 0.05) is 18.8 Å². The van der Waals surface area contributed by atoms with Crippen LogP contribution in [0.4, 0.5) is 8.78 Å². The van der Waals surface area contributed by atoms with Gasteiger partial charge in [-0.3, -0.25) is 4.79 Å². The van der Waals surface area contributed by atoms with Gasteiger partial charge in [0.15, 0.2) is 0 Å². The Hall–Kier alpha value is -0.320. The van der Waals surface area contributed by atoms with E-state index in [0.717, 1.165) is 17.9 Å². The van der Waals surface area contributed by atoms with Gasteiger partial charge in [0.25, 0.3) is 5.91 Å². The largest absolute Gasteiger partial charge is 0.337 e. The predicted octanol–water partition coefficient (Wildman–Crippen LogP) is 1.22. The molecular weight excluding hydrogens is 184 g/mol. The van der Waals surface area contributed by atoms with E-state index in [0.29, 0.717) is 13.1 Å². The van der Waals surface area contributed by atoms with Crippen LogP contribution in [0.1, 0.15) is 6.42 Å². The highest BCUT2D eigenvalue weighted by atomic mass is 32.2. The number of rotatable bonds is 1. The first kappa shape index (κ1) is 9.77. The Balaban J connectivity index is 2.43. The SMILES string of the molecule is O=C(C(F)F)N1CCCSCC1. The van der Waals surface area contributed by atoms with Crippen molar-refractivity contribution in [3.63, 3.8) is 0 Å². The Morgan fingerprint density at radius 2 is 2.08 bits per heavy atom. The summed E-state index contributed by atoms with van der Waals surface area (Å²) in [5, 5.41) is 0. The maximum Gasteiger partial charge on any atom is 0.315 e. The molecule has 0 aromatic heterocycles. The van der Waals surface area contributed by atoms with Gasteiger partial charge in [-0.25, -0.2) is 0 Å². The lowest BCUT2D eigenvalue weighted by Crippen LogP contribution is -2.37. The molecule has 1 amide bonds. The Kier molecular flexibility index (Phi) is 3.78. The zero-order chi connectivity index (χ0) is 8.97. The topological polar surface area (TPSA) is 20.3 Å². The standard InChI is InChI=1S/C7H11F2NOS/c8-6(9)7(11)10-2-1-4-12-5-3-10/h6H,1-5H2. The van der Waals surface area contributed by atoms with E-state index in [1.807, 2.05) is 0 Å². The molecule has 5 heteroatoms. The summed E-state index contributed by atoms with van der Waals surface area (Å²) in [4.78, 5) is 12.1. The van der Waals surface area contributed by atoms with Crippen molar-refractivity contribution < 1.29 is 13.6 Å². The van der Waals surface area contributed by atoms with Crippen molar-refractivity contribution in [2.45, 2.75) is 12.8 Å². The molecule has 1 aliphatic heterocycles. The van der Waals surface area contributed by atoms with Crippen LogP contribution < -0.4 is 0 Å². The molecule has 0 bridgehead atoms. The lowest BCUT2D eigenvalue weighted by molar-refractivity contribution is -0.142. The van der Waals surface area contributed by atoms with Crippen LogP contribution in [-0.4, -0.2) is 41.8 Å². The van der Waals surface area contributed by atoms with Gasteiger partial charge in [-0.15, -0.1) is 0 Å². The molecule has 0 aliphatic carbocycles. The third-order valence-corrected chi connectivity index (χ3v) is 2.77. The second-order valence-corrected chi connectivity index (χ2v) is 3.82. The van der Waals surface area contributed by atoms with Crippen LogP contribution >= 0.6 is 11.8 Å². The van der Waals surface area contributed by atoms with Gasteiger partial charge < -0.3 is 4.90 Å². The quantitative estimate of drug-likeness (QED) is 0.627. The molecule has 0 aromatic carbocycles. The second-order valence-electron chi connectivity index (χ2n) is 2.59. The number of hydrogen-bond donors (Lipinski definition) is 0. The van der Waals surface area contributed by atoms with Crippen molar-refractivity contribution in [1.82, 2.24) is 4.90 Å². The fraction of sp³-hybridized carbons (Fsp3) is 0.857. The van der Waals surface area contributed by atoms with E-state index in [1.165, 1.54) is 4.90 Å². The number of amides is 1. The number of carbonyl (C=O) groups excluding carboxylic acids is 1. The van der Waals surface area contributed by atoms with Crippen LogP contribution in [0.3, 0.4) is 0 Å². The summed E-state index contributed by atoms with van der Waals surface area (Å²) in [7, 11) is 0. The molecular formula is C7H11F2NOS. The number of alkyl halides is 2. The van der Waals surface area contributed by atoms with Gasteiger partial charge in [0.05, 0.1) is 0 Å². The Bertz CT molecular complexity index is 157. The van der Waals surface area contributed by atoms with Crippen LogP contribution in [0.15, 0.2) is 0 Å². The van der Waals surface area contributed by atoms with E-state index in [4.69, 9.17) is 0 Å². The average Bonchev–Trinajstić information content (AvgIpc) is 2.30. The summed E-state index contributed by atoms with van der Waals surface area (Å²) in [6.45, 7) is 0.948. The molecule has 0 unspecified atom stereocenters.